The van der Waals surface area contributed by atoms with Gasteiger partial charge in [0, 0.05) is 33.7 Å². The quantitative estimate of drug-likeness (QED) is 0.433. The summed E-state index contributed by atoms with van der Waals surface area (Å²) < 4.78 is 15.3. The van der Waals surface area contributed by atoms with Gasteiger partial charge in [0.25, 0.3) is 0 Å². The minimum absolute atomic E-state index is 0. The lowest BCUT2D eigenvalue weighted by Gasteiger charge is -2.20. The van der Waals surface area contributed by atoms with Crippen molar-refractivity contribution in [3.05, 3.63) is 64.2 Å². The number of aromatic nitrogens is 1. The molecule has 1 aromatic carbocycles. The number of benzene rings is 1. The van der Waals surface area contributed by atoms with Gasteiger partial charge in [-0.05, 0) is 47.9 Å². The van der Waals surface area contributed by atoms with Crippen LogP contribution in [0.2, 0.25) is 5.02 Å². The van der Waals surface area contributed by atoms with E-state index >= 15 is 4.39 Å². The first-order valence-electron chi connectivity index (χ1n) is 9.70. The van der Waals surface area contributed by atoms with Gasteiger partial charge in [0.1, 0.15) is 11.6 Å². The van der Waals surface area contributed by atoms with Crippen molar-refractivity contribution < 1.29 is 16.8 Å². The molecule has 0 aliphatic rings. The Morgan fingerprint density at radius 3 is 2.46 bits per heavy atom. The lowest BCUT2D eigenvalue weighted by molar-refractivity contribution is -0.120. The van der Waals surface area contributed by atoms with Crippen molar-refractivity contribution in [2.45, 2.75) is 52.9 Å². The molecule has 2 atom stereocenters. The maximum atomic E-state index is 15.3. The van der Waals surface area contributed by atoms with Gasteiger partial charge in [0.2, 0.25) is 0 Å². The molecular formula is C23H31ClFNO2. The van der Waals surface area contributed by atoms with Gasteiger partial charge in [-0.15, -0.1) is 0 Å². The van der Waals surface area contributed by atoms with Gasteiger partial charge < -0.3 is 0 Å². The Kier molecular flexibility index (Phi) is 7.88. The van der Waals surface area contributed by atoms with Gasteiger partial charge in [-0.3, -0.25) is 14.6 Å². The predicted octanol–water partition coefficient (Wildman–Crippen LogP) is 6.73. The molecule has 0 radical (unpaired) electrons. The van der Waals surface area contributed by atoms with Crippen LogP contribution in [0.3, 0.4) is 0 Å². The zero-order valence-corrected chi connectivity index (χ0v) is 17.6. The topological polar surface area (TPSA) is 47.0 Å². The molecule has 0 unspecified atom stereocenters. The maximum absolute atomic E-state index is 15.3. The zero-order chi connectivity index (χ0) is 20.8. The van der Waals surface area contributed by atoms with E-state index in [0.717, 1.165) is 0 Å². The highest BCUT2D eigenvalue weighted by atomic mass is 35.5. The summed E-state index contributed by atoms with van der Waals surface area (Å²) in [5.74, 6) is -0.625. The number of carbonyl (C=O) groups excluding carboxylic acids is 2. The number of rotatable bonds is 9. The highest BCUT2D eigenvalue weighted by molar-refractivity contribution is 6.35. The number of Topliss-reactive ketones (excluding diaryl/α,β-unsaturated/α-hetero) is 1. The summed E-state index contributed by atoms with van der Waals surface area (Å²) in [7, 11) is 0. The largest absolute Gasteiger partial charge is 0.300 e. The van der Waals surface area contributed by atoms with Crippen LogP contribution >= 0.6 is 11.6 Å². The molecule has 0 saturated carbocycles. The smallest absolute Gasteiger partial charge is 0.199 e. The number of pyridine rings is 1. The minimum atomic E-state index is -0.641. The van der Waals surface area contributed by atoms with Crippen LogP contribution in [0.15, 0.2) is 36.7 Å². The Morgan fingerprint density at radius 1 is 1.18 bits per heavy atom. The number of carbonyl (C=O) groups is 2. The molecule has 154 valence electrons. The van der Waals surface area contributed by atoms with Gasteiger partial charge in [-0.25, -0.2) is 4.39 Å². The van der Waals surface area contributed by atoms with Crippen LogP contribution in [-0.2, 0) is 4.79 Å². The Balaban J connectivity index is 0.00000420. The van der Waals surface area contributed by atoms with Crippen molar-refractivity contribution in [3.8, 4) is 0 Å². The Labute approximate surface area is 174 Å². The second kappa shape index (κ2) is 9.92. The second-order valence-corrected chi connectivity index (χ2v) is 8.08. The normalized spacial score (nSPS) is 13.4. The van der Waals surface area contributed by atoms with E-state index in [1.54, 1.807) is 24.4 Å². The third-order valence-electron chi connectivity index (χ3n) is 5.37. The van der Waals surface area contributed by atoms with Crippen LogP contribution in [0.5, 0.6) is 0 Å². The van der Waals surface area contributed by atoms with E-state index in [9.17, 15) is 9.59 Å². The molecule has 28 heavy (non-hydrogen) atoms. The Morgan fingerprint density at radius 2 is 1.89 bits per heavy atom. The molecule has 2 rings (SSSR count). The third-order valence-corrected chi connectivity index (χ3v) is 5.68. The summed E-state index contributed by atoms with van der Waals surface area (Å²) in [5, 5.41) is 0.0599. The van der Waals surface area contributed by atoms with E-state index < -0.39 is 11.6 Å². The molecule has 0 saturated heterocycles. The van der Waals surface area contributed by atoms with Gasteiger partial charge in [0.05, 0.1) is 10.6 Å². The number of hydrogen-bond acceptors (Lipinski definition) is 3. The molecule has 1 heterocycles. The van der Waals surface area contributed by atoms with E-state index in [1.807, 2.05) is 6.92 Å². The van der Waals surface area contributed by atoms with Crippen LogP contribution in [0.4, 0.5) is 4.39 Å². The summed E-state index contributed by atoms with van der Waals surface area (Å²) in [4.78, 5) is 29.2. The Hall–Kier alpha value is -2.07. The van der Waals surface area contributed by atoms with E-state index in [2.05, 4.69) is 25.8 Å². The average molecular weight is 408 g/mol. The molecule has 2 aromatic rings. The summed E-state index contributed by atoms with van der Waals surface area (Å²) in [5.41, 5.74) is 0.480. The number of halogens is 2. The van der Waals surface area contributed by atoms with Crippen LogP contribution in [0.1, 0.15) is 77.2 Å². The van der Waals surface area contributed by atoms with Crippen molar-refractivity contribution >= 4 is 23.2 Å². The van der Waals surface area contributed by atoms with E-state index in [-0.39, 0.29) is 43.0 Å². The van der Waals surface area contributed by atoms with Crippen molar-refractivity contribution in [3.63, 3.8) is 0 Å². The molecule has 5 heteroatoms. The van der Waals surface area contributed by atoms with E-state index in [4.69, 9.17) is 11.6 Å². The molecule has 1 aromatic heterocycles. The average Bonchev–Trinajstić information content (AvgIpc) is 2.67. The van der Waals surface area contributed by atoms with E-state index in [1.165, 1.54) is 12.3 Å². The molecule has 3 nitrogen and oxygen atoms in total. The fourth-order valence-corrected chi connectivity index (χ4v) is 3.39. The lowest BCUT2D eigenvalue weighted by atomic mass is 9.85. The van der Waals surface area contributed by atoms with Gasteiger partial charge >= 0.3 is 0 Å². The molecule has 0 bridgehead atoms. The highest BCUT2D eigenvalue weighted by Gasteiger charge is 2.26. The summed E-state index contributed by atoms with van der Waals surface area (Å²) in [6.45, 7) is 8.15. The number of nitrogens with zero attached hydrogens (tertiary/aromatic N) is 1. The lowest BCUT2D eigenvalue weighted by Crippen LogP contribution is -2.15. The summed E-state index contributed by atoms with van der Waals surface area (Å²) >= 11 is 6.16. The van der Waals surface area contributed by atoms with Gasteiger partial charge in [-0.1, -0.05) is 45.4 Å². The van der Waals surface area contributed by atoms with Crippen molar-refractivity contribution in [2.24, 2.45) is 11.8 Å². The number of ketones is 2. The van der Waals surface area contributed by atoms with Crippen molar-refractivity contribution in [1.82, 2.24) is 4.98 Å². The van der Waals surface area contributed by atoms with Crippen LogP contribution in [0, 0.1) is 17.7 Å². The zero-order valence-electron chi connectivity index (χ0n) is 16.8. The fraction of sp³-hybridized carbons (Fsp3) is 0.435. The molecule has 0 amide bonds. The van der Waals surface area contributed by atoms with E-state index in [0.29, 0.717) is 24.3 Å². The standard InChI is InChI=1S/C23H27ClFNO2.2H2/c1-5-16(12-18(27)11-15(4)14(2)3)19-8-9-20(24)21(22(19)25)23(28)17-7-6-10-26-13-17;;/h6-10,13-16H,5,11-12H2,1-4H3;2*1H/t15-,16-;;/m1../s1. The van der Waals surface area contributed by atoms with Gasteiger partial charge in [-0.2, -0.15) is 0 Å². The first-order chi connectivity index (χ1) is 13.3. The summed E-state index contributed by atoms with van der Waals surface area (Å²) in [6.07, 6.45) is 4.26. The predicted molar refractivity (Wildman–Crippen MR) is 115 cm³/mol. The molecule has 0 N–H and O–H groups in total. The van der Waals surface area contributed by atoms with Crippen molar-refractivity contribution in [2.75, 3.05) is 0 Å². The summed E-state index contributed by atoms with van der Waals surface area (Å²) in [6, 6.07) is 6.32. The monoisotopic (exact) mass is 407 g/mol. The van der Waals surface area contributed by atoms with Crippen LogP contribution in [-0.4, -0.2) is 16.6 Å². The molecule has 0 aliphatic carbocycles. The van der Waals surface area contributed by atoms with Crippen LogP contribution in [0.25, 0.3) is 0 Å². The highest BCUT2D eigenvalue weighted by Crippen LogP contribution is 2.33. The first-order valence-corrected chi connectivity index (χ1v) is 10.1. The Bertz CT molecular complexity index is 847. The van der Waals surface area contributed by atoms with Crippen molar-refractivity contribution in [1.29, 1.82) is 0 Å². The second-order valence-electron chi connectivity index (χ2n) is 7.67. The van der Waals surface area contributed by atoms with Crippen LogP contribution < -0.4 is 0 Å². The van der Waals surface area contributed by atoms with Gasteiger partial charge in [0.15, 0.2) is 5.78 Å². The maximum Gasteiger partial charge on any atom is 0.199 e. The molecule has 0 spiro atoms. The third kappa shape index (κ3) is 5.26. The molecule has 0 fully saturated rings. The number of hydrogen-bond donors (Lipinski definition) is 0. The SMILES string of the molecule is CC[C@H](CC(=O)C[C@@H](C)C(C)C)c1ccc(Cl)c(C(=O)c2cccnc2)c1F.[HH].[HH]. The fourth-order valence-electron chi connectivity index (χ4n) is 3.16. The molecular weight excluding hydrogens is 377 g/mol. The molecule has 0 aliphatic heterocycles. The first kappa shape index (κ1) is 22.2. The minimum Gasteiger partial charge on any atom is -0.300 e.